The van der Waals surface area contributed by atoms with E-state index in [0.717, 1.165) is 28.8 Å². The molecule has 0 aromatic heterocycles. The van der Waals surface area contributed by atoms with Crippen molar-refractivity contribution in [1.82, 2.24) is 5.32 Å². The standard InChI is InChI=1S/C11H16BrNO/c1-8-4-5-9(6-7-13-2)10(12)11(8)14-3/h4-5,13H,6-7H2,1-3H3. The first-order chi connectivity index (χ1) is 6.70. The van der Waals surface area contributed by atoms with Gasteiger partial charge in [0.15, 0.2) is 0 Å². The van der Waals surface area contributed by atoms with Gasteiger partial charge in [0, 0.05) is 0 Å². The Kier molecular flexibility index (Phi) is 4.42. The van der Waals surface area contributed by atoms with Crippen LogP contribution in [0.1, 0.15) is 11.1 Å². The molecule has 0 amide bonds. The summed E-state index contributed by atoms with van der Waals surface area (Å²) in [5.41, 5.74) is 2.44. The Morgan fingerprint density at radius 2 is 2.14 bits per heavy atom. The molecular formula is C11H16BrNO. The second kappa shape index (κ2) is 5.37. The molecule has 0 aliphatic rings. The topological polar surface area (TPSA) is 21.3 Å². The number of hydrogen-bond acceptors (Lipinski definition) is 2. The van der Waals surface area contributed by atoms with Gasteiger partial charge in [0.2, 0.25) is 0 Å². The van der Waals surface area contributed by atoms with E-state index >= 15 is 0 Å². The molecule has 0 unspecified atom stereocenters. The van der Waals surface area contributed by atoms with E-state index in [1.807, 2.05) is 14.0 Å². The Morgan fingerprint density at radius 3 is 2.71 bits per heavy atom. The molecular weight excluding hydrogens is 242 g/mol. The lowest BCUT2D eigenvalue weighted by Crippen LogP contribution is -2.10. The fourth-order valence-electron chi connectivity index (χ4n) is 1.40. The molecule has 78 valence electrons. The molecule has 0 aliphatic carbocycles. The van der Waals surface area contributed by atoms with E-state index in [1.54, 1.807) is 7.11 Å². The van der Waals surface area contributed by atoms with E-state index < -0.39 is 0 Å². The average Bonchev–Trinajstić information content (AvgIpc) is 2.18. The van der Waals surface area contributed by atoms with Crippen LogP contribution in [-0.4, -0.2) is 20.7 Å². The first-order valence-electron chi connectivity index (χ1n) is 4.67. The number of nitrogens with one attached hydrogen (secondary N) is 1. The van der Waals surface area contributed by atoms with Crippen molar-refractivity contribution in [1.29, 1.82) is 0 Å². The highest BCUT2D eigenvalue weighted by atomic mass is 79.9. The maximum absolute atomic E-state index is 5.33. The van der Waals surface area contributed by atoms with Crippen LogP contribution in [0.4, 0.5) is 0 Å². The van der Waals surface area contributed by atoms with Gasteiger partial charge in [-0.25, -0.2) is 0 Å². The van der Waals surface area contributed by atoms with E-state index in [9.17, 15) is 0 Å². The molecule has 0 saturated carbocycles. The Bertz CT molecular complexity index is 312. The second-order valence-electron chi connectivity index (χ2n) is 3.24. The van der Waals surface area contributed by atoms with Crippen LogP contribution >= 0.6 is 15.9 Å². The van der Waals surface area contributed by atoms with Gasteiger partial charge in [0.05, 0.1) is 11.6 Å². The Labute approximate surface area is 93.8 Å². The zero-order chi connectivity index (χ0) is 10.6. The predicted molar refractivity (Wildman–Crippen MR) is 63.1 cm³/mol. The molecule has 0 bridgehead atoms. The van der Waals surface area contributed by atoms with E-state index in [2.05, 4.69) is 33.4 Å². The molecule has 1 rings (SSSR count). The molecule has 2 nitrogen and oxygen atoms in total. The molecule has 3 heteroatoms. The largest absolute Gasteiger partial charge is 0.495 e. The van der Waals surface area contributed by atoms with Gasteiger partial charge in [-0.1, -0.05) is 12.1 Å². The lowest BCUT2D eigenvalue weighted by Gasteiger charge is -2.11. The van der Waals surface area contributed by atoms with Crippen molar-refractivity contribution < 1.29 is 4.74 Å². The molecule has 0 fully saturated rings. The molecule has 14 heavy (non-hydrogen) atoms. The lowest BCUT2D eigenvalue weighted by atomic mass is 10.1. The van der Waals surface area contributed by atoms with Gasteiger partial charge in [0.25, 0.3) is 0 Å². The van der Waals surface area contributed by atoms with Crippen LogP contribution in [0.2, 0.25) is 0 Å². The van der Waals surface area contributed by atoms with E-state index in [0.29, 0.717) is 0 Å². The van der Waals surface area contributed by atoms with Crippen LogP contribution < -0.4 is 10.1 Å². The zero-order valence-corrected chi connectivity index (χ0v) is 10.4. The summed E-state index contributed by atoms with van der Waals surface area (Å²) in [6, 6.07) is 4.23. The van der Waals surface area contributed by atoms with Gasteiger partial charge < -0.3 is 10.1 Å². The van der Waals surface area contributed by atoms with Crippen molar-refractivity contribution in [3.8, 4) is 5.75 Å². The summed E-state index contributed by atoms with van der Waals surface area (Å²) in [4.78, 5) is 0. The van der Waals surface area contributed by atoms with Gasteiger partial charge in [-0.3, -0.25) is 0 Å². The van der Waals surface area contributed by atoms with Gasteiger partial charge in [-0.05, 0) is 54.0 Å². The molecule has 0 atom stereocenters. The Hall–Kier alpha value is -0.540. The predicted octanol–water partition coefficient (Wildman–Crippen LogP) is 2.53. The number of aryl methyl sites for hydroxylation is 1. The summed E-state index contributed by atoms with van der Waals surface area (Å²) >= 11 is 3.57. The lowest BCUT2D eigenvalue weighted by molar-refractivity contribution is 0.408. The summed E-state index contributed by atoms with van der Waals surface area (Å²) in [6.07, 6.45) is 1.01. The van der Waals surface area contributed by atoms with Crippen LogP contribution in [0, 0.1) is 6.92 Å². The Morgan fingerprint density at radius 1 is 1.43 bits per heavy atom. The fourth-order valence-corrected chi connectivity index (χ4v) is 2.20. The maximum atomic E-state index is 5.33. The highest BCUT2D eigenvalue weighted by Gasteiger charge is 2.08. The van der Waals surface area contributed by atoms with Gasteiger partial charge >= 0.3 is 0 Å². The van der Waals surface area contributed by atoms with Gasteiger partial charge in [0.1, 0.15) is 5.75 Å². The number of ether oxygens (including phenoxy) is 1. The highest BCUT2D eigenvalue weighted by Crippen LogP contribution is 2.31. The molecule has 1 aromatic rings. The summed E-state index contributed by atoms with van der Waals surface area (Å²) in [5.74, 6) is 0.943. The average molecular weight is 258 g/mol. The van der Waals surface area contributed by atoms with E-state index in [4.69, 9.17) is 4.74 Å². The highest BCUT2D eigenvalue weighted by molar-refractivity contribution is 9.10. The minimum atomic E-state index is 0.943. The molecule has 0 spiro atoms. The third kappa shape index (κ3) is 2.49. The number of rotatable bonds is 4. The maximum Gasteiger partial charge on any atom is 0.136 e. The second-order valence-corrected chi connectivity index (χ2v) is 4.04. The molecule has 0 aliphatic heterocycles. The third-order valence-corrected chi connectivity index (χ3v) is 3.09. The fraction of sp³-hybridized carbons (Fsp3) is 0.455. The summed E-state index contributed by atoms with van der Waals surface area (Å²) < 4.78 is 6.41. The van der Waals surface area contributed by atoms with Crippen molar-refractivity contribution >= 4 is 15.9 Å². The summed E-state index contributed by atoms with van der Waals surface area (Å²) in [7, 11) is 3.66. The van der Waals surface area contributed by atoms with E-state index in [-0.39, 0.29) is 0 Å². The summed E-state index contributed by atoms with van der Waals surface area (Å²) in [5, 5.41) is 3.13. The van der Waals surface area contributed by atoms with Crippen LogP contribution in [0.15, 0.2) is 16.6 Å². The summed E-state index contributed by atoms with van der Waals surface area (Å²) in [6.45, 7) is 3.02. The first kappa shape index (κ1) is 11.5. The molecule has 1 N–H and O–H groups in total. The third-order valence-electron chi connectivity index (χ3n) is 2.22. The number of likely N-dealkylation sites (N-methyl/N-ethyl adjacent to an activating group) is 1. The van der Waals surface area contributed by atoms with Crippen LogP contribution in [0.25, 0.3) is 0 Å². The number of methoxy groups -OCH3 is 1. The molecule has 1 aromatic carbocycles. The van der Waals surface area contributed by atoms with Gasteiger partial charge in [-0.2, -0.15) is 0 Å². The number of benzene rings is 1. The van der Waals surface area contributed by atoms with Crippen molar-refractivity contribution in [2.75, 3.05) is 20.7 Å². The normalized spacial score (nSPS) is 10.3. The van der Waals surface area contributed by atoms with Crippen molar-refractivity contribution in [2.24, 2.45) is 0 Å². The number of halogens is 1. The molecule has 0 heterocycles. The Balaban J connectivity index is 2.96. The van der Waals surface area contributed by atoms with Crippen molar-refractivity contribution in [3.63, 3.8) is 0 Å². The molecule has 0 saturated heterocycles. The van der Waals surface area contributed by atoms with Crippen molar-refractivity contribution in [3.05, 3.63) is 27.7 Å². The molecule has 0 radical (unpaired) electrons. The minimum absolute atomic E-state index is 0.943. The minimum Gasteiger partial charge on any atom is -0.495 e. The quantitative estimate of drug-likeness (QED) is 0.896. The SMILES string of the molecule is CNCCc1ccc(C)c(OC)c1Br. The van der Waals surface area contributed by atoms with E-state index in [1.165, 1.54) is 5.56 Å². The van der Waals surface area contributed by atoms with Crippen LogP contribution in [0.5, 0.6) is 5.75 Å². The van der Waals surface area contributed by atoms with Crippen LogP contribution in [0.3, 0.4) is 0 Å². The smallest absolute Gasteiger partial charge is 0.136 e. The first-order valence-corrected chi connectivity index (χ1v) is 5.46. The van der Waals surface area contributed by atoms with Gasteiger partial charge in [-0.15, -0.1) is 0 Å². The van der Waals surface area contributed by atoms with Crippen LogP contribution in [-0.2, 0) is 6.42 Å². The number of hydrogen-bond donors (Lipinski definition) is 1. The van der Waals surface area contributed by atoms with Crippen molar-refractivity contribution in [2.45, 2.75) is 13.3 Å². The monoisotopic (exact) mass is 257 g/mol. The zero-order valence-electron chi connectivity index (χ0n) is 8.86.